The van der Waals surface area contributed by atoms with E-state index >= 15 is 0 Å². The Kier molecular flexibility index (Phi) is 4.96. The van der Waals surface area contributed by atoms with Crippen LogP contribution in [0.3, 0.4) is 0 Å². The second-order valence-corrected chi connectivity index (χ2v) is 6.71. The standard InChI is InChI=1S/C21H20F2N4/c22-17-11-16(12-18(23)13-17)15-1-3-19(4-2-15)26-20-6-9-27(10-7-20)21-5-8-24-14-25-21/h1-5,8,11-14,20,26H,6-7,9-10H2. The molecule has 1 N–H and O–H groups in total. The second kappa shape index (κ2) is 7.70. The summed E-state index contributed by atoms with van der Waals surface area (Å²) < 4.78 is 26.8. The molecule has 4 nitrogen and oxygen atoms in total. The molecule has 1 fully saturated rings. The fraction of sp³-hybridized carbons (Fsp3) is 0.238. The van der Waals surface area contributed by atoms with E-state index < -0.39 is 11.6 Å². The van der Waals surface area contributed by atoms with E-state index in [0.717, 1.165) is 49.1 Å². The maximum atomic E-state index is 13.4. The van der Waals surface area contributed by atoms with Gasteiger partial charge in [0.25, 0.3) is 0 Å². The summed E-state index contributed by atoms with van der Waals surface area (Å²) in [5, 5.41) is 3.55. The molecule has 138 valence electrons. The van der Waals surface area contributed by atoms with Crippen molar-refractivity contribution in [3.8, 4) is 11.1 Å². The fourth-order valence-corrected chi connectivity index (χ4v) is 3.44. The Morgan fingerprint density at radius 2 is 1.59 bits per heavy atom. The number of rotatable bonds is 4. The van der Waals surface area contributed by atoms with Gasteiger partial charge in [-0.25, -0.2) is 18.7 Å². The third kappa shape index (κ3) is 4.22. The Balaban J connectivity index is 1.37. The minimum atomic E-state index is -0.567. The van der Waals surface area contributed by atoms with Gasteiger partial charge in [-0.3, -0.25) is 0 Å². The number of aromatic nitrogens is 2. The largest absolute Gasteiger partial charge is 0.382 e. The van der Waals surface area contributed by atoms with Crippen LogP contribution in [0.25, 0.3) is 11.1 Å². The lowest BCUT2D eigenvalue weighted by Gasteiger charge is -2.33. The summed E-state index contributed by atoms with van der Waals surface area (Å²) in [6.45, 7) is 1.88. The summed E-state index contributed by atoms with van der Waals surface area (Å²) in [4.78, 5) is 10.5. The summed E-state index contributed by atoms with van der Waals surface area (Å²) in [7, 11) is 0. The van der Waals surface area contributed by atoms with E-state index in [1.807, 2.05) is 30.3 Å². The van der Waals surface area contributed by atoms with Crippen molar-refractivity contribution < 1.29 is 8.78 Å². The smallest absolute Gasteiger partial charge is 0.131 e. The highest BCUT2D eigenvalue weighted by molar-refractivity contribution is 5.66. The summed E-state index contributed by atoms with van der Waals surface area (Å²) in [5.74, 6) is -0.166. The number of hydrogen-bond donors (Lipinski definition) is 1. The van der Waals surface area contributed by atoms with Crippen LogP contribution in [0.2, 0.25) is 0 Å². The SMILES string of the molecule is Fc1cc(F)cc(-c2ccc(NC3CCN(c4ccncn4)CC3)cc2)c1. The Bertz CT molecular complexity index is 872. The number of halogens is 2. The molecule has 2 aromatic carbocycles. The molecular weight excluding hydrogens is 346 g/mol. The van der Waals surface area contributed by atoms with Gasteiger partial charge in [0.15, 0.2) is 0 Å². The van der Waals surface area contributed by atoms with Gasteiger partial charge in [0.1, 0.15) is 23.8 Å². The molecule has 0 bridgehead atoms. The Morgan fingerprint density at radius 1 is 0.889 bits per heavy atom. The maximum Gasteiger partial charge on any atom is 0.131 e. The monoisotopic (exact) mass is 366 g/mol. The highest BCUT2D eigenvalue weighted by Crippen LogP contribution is 2.25. The average molecular weight is 366 g/mol. The highest BCUT2D eigenvalue weighted by atomic mass is 19.1. The van der Waals surface area contributed by atoms with E-state index in [-0.39, 0.29) is 0 Å². The molecule has 0 radical (unpaired) electrons. The predicted molar refractivity (Wildman–Crippen MR) is 103 cm³/mol. The summed E-state index contributed by atoms with van der Waals surface area (Å²) >= 11 is 0. The summed E-state index contributed by atoms with van der Waals surface area (Å²) in [5.41, 5.74) is 2.34. The van der Waals surface area contributed by atoms with E-state index in [0.29, 0.717) is 11.6 Å². The summed E-state index contributed by atoms with van der Waals surface area (Å²) in [6, 6.07) is 13.6. The first-order valence-corrected chi connectivity index (χ1v) is 9.01. The van der Waals surface area contributed by atoms with Crippen molar-refractivity contribution in [2.45, 2.75) is 18.9 Å². The minimum Gasteiger partial charge on any atom is -0.382 e. The van der Waals surface area contributed by atoms with Crippen molar-refractivity contribution in [1.82, 2.24) is 9.97 Å². The Labute approximate surface area is 156 Å². The van der Waals surface area contributed by atoms with Gasteiger partial charge in [-0.15, -0.1) is 0 Å². The zero-order valence-corrected chi connectivity index (χ0v) is 14.8. The van der Waals surface area contributed by atoms with E-state index in [1.165, 1.54) is 12.1 Å². The first kappa shape index (κ1) is 17.4. The van der Waals surface area contributed by atoms with Crippen LogP contribution in [0.5, 0.6) is 0 Å². The molecule has 1 aromatic heterocycles. The molecule has 0 amide bonds. The van der Waals surface area contributed by atoms with Gasteiger partial charge in [-0.05, 0) is 54.3 Å². The third-order valence-corrected chi connectivity index (χ3v) is 4.84. The first-order valence-electron chi connectivity index (χ1n) is 9.01. The van der Waals surface area contributed by atoms with Crippen LogP contribution in [0.4, 0.5) is 20.3 Å². The number of nitrogens with one attached hydrogen (secondary N) is 1. The molecule has 1 aliphatic heterocycles. The van der Waals surface area contributed by atoms with Crippen LogP contribution in [-0.4, -0.2) is 29.1 Å². The zero-order valence-electron chi connectivity index (χ0n) is 14.8. The fourth-order valence-electron chi connectivity index (χ4n) is 3.44. The number of anilines is 2. The zero-order chi connectivity index (χ0) is 18.6. The van der Waals surface area contributed by atoms with Crippen molar-refractivity contribution in [1.29, 1.82) is 0 Å². The summed E-state index contributed by atoms with van der Waals surface area (Å²) in [6.07, 6.45) is 5.37. The van der Waals surface area contributed by atoms with Gasteiger partial charge in [0.05, 0.1) is 0 Å². The Hall–Kier alpha value is -3.02. The molecule has 4 rings (SSSR count). The molecule has 3 aromatic rings. The van der Waals surface area contributed by atoms with Crippen molar-refractivity contribution in [3.63, 3.8) is 0 Å². The highest BCUT2D eigenvalue weighted by Gasteiger charge is 2.19. The molecule has 0 spiro atoms. The molecule has 0 saturated carbocycles. The molecule has 0 aliphatic carbocycles. The molecule has 1 saturated heterocycles. The lowest BCUT2D eigenvalue weighted by molar-refractivity contribution is 0.523. The molecular formula is C21H20F2N4. The second-order valence-electron chi connectivity index (χ2n) is 6.71. The van der Waals surface area contributed by atoms with Gasteiger partial charge in [-0.2, -0.15) is 0 Å². The van der Waals surface area contributed by atoms with Crippen molar-refractivity contribution in [2.24, 2.45) is 0 Å². The minimum absolute atomic E-state index is 0.389. The van der Waals surface area contributed by atoms with Crippen LogP contribution >= 0.6 is 0 Å². The van der Waals surface area contributed by atoms with Crippen molar-refractivity contribution >= 4 is 11.5 Å². The van der Waals surface area contributed by atoms with Crippen LogP contribution < -0.4 is 10.2 Å². The van der Waals surface area contributed by atoms with Gasteiger partial charge < -0.3 is 10.2 Å². The molecule has 0 unspecified atom stereocenters. The van der Waals surface area contributed by atoms with Crippen LogP contribution in [0, 0.1) is 11.6 Å². The lowest BCUT2D eigenvalue weighted by atomic mass is 10.0. The number of piperidine rings is 1. The van der Waals surface area contributed by atoms with Gasteiger partial charge in [0.2, 0.25) is 0 Å². The molecule has 27 heavy (non-hydrogen) atoms. The van der Waals surface area contributed by atoms with Crippen LogP contribution in [0.15, 0.2) is 61.1 Å². The lowest BCUT2D eigenvalue weighted by Crippen LogP contribution is -2.39. The molecule has 6 heteroatoms. The van der Waals surface area contributed by atoms with Gasteiger partial charge in [0, 0.05) is 37.1 Å². The molecule has 1 aliphatic rings. The predicted octanol–water partition coefficient (Wildman–Crippen LogP) is 4.50. The molecule has 0 atom stereocenters. The van der Waals surface area contributed by atoms with E-state index in [4.69, 9.17) is 0 Å². The first-order chi connectivity index (χ1) is 13.2. The van der Waals surface area contributed by atoms with Gasteiger partial charge >= 0.3 is 0 Å². The number of hydrogen-bond acceptors (Lipinski definition) is 4. The van der Waals surface area contributed by atoms with Crippen LogP contribution in [-0.2, 0) is 0 Å². The normalized spacial score (nSPS) is 15.0. The average Bonchev–Trinajstić information content (AvgIpc) is 2.69. The number of nitrogens with zero attached hydrogens (tertiary/aromatic N) is 3. The Morgan fingerprint density at radius 3 is 2.22 bits per heavy atom. The van der Waals surface area contributed by atoms with E-state index in [2.05, 4.69) is 20.2 Å². The number of benzene rings is 2. The van der Waals surface area contributed by atoms with Crippen molar-refractivity contribution in [3.05, 3.63) is 72.7 Å². The third-order valence-electron chi connectivity index (χ3n) is 4.84. The van der Waals surface area contributed by atoms with Crippen LogP contribution in [0.1, 0.15) is 12.8 Å². The van der Waals surface area contributed by atoms with E-state index in [1.54, 1.807) is 12.5 Å². The topological polar surface area (TPSA) is 41.0 Å². The van der Waals surface area contributed by atoms with E-state index in [9.17, 15) is 8.78 Å². The maximum absolute atomic E-state index is 13.4. The quantitative estimate of drug-likeness (QED) is 0.738. The van der Waals surface area contributed by atoms with Crippen molar-refractivity contribution in [2.75, 3.05) is 23.3 Å². The van der Waals surface area contributed by atoms with Gasteiger partial charge in [-0.1, -0.05) is 12.1 Å². The molecule has 2 heterocycles.